The number of rotatable bonds is 4. The van der Waals surface area contributed by atoms with E-state index in [9.17, 15) is 4.79 Å². The number of hydrogen-bond acceptors (Lipinski definition) is 5. The van der Waals surface area contributed by atoms with Gasteiger partial charge in [-0.2, -0.15) is 0 Å². The maximum absolute atomic E-state index is 12.2. The van der Waals surface area contributed by atoms with Gasteiger partial charge >= 0.3 is 6.09 Å². The molecule has 1 atom stereocenters. The SMILES string of the molecule is CC(C)(C)OC(=O)N1CCCC1c1cn(CCCO)nn1. The van der Waals surface area contributed by atoms with Gasteiger partial charge in [-0.25, -0.2) is 4.79 Å². The number of aliphatic hydroxyl groups is 1. The molecule has 1 aromatic heterocycles. The number of aryl methyl sites for hydroxylation is 1. The molecule has 118 valence electrons. The summed E-state index contributed by atoms with van der Waals surface area (Å²) in [6, 6.07) is -0.0669. The van der Waals surface area contributed by atoms with E-state index in [1.165, 1.54) is 0 Å². The molecule has 0 aliphatic carbocycles. The van der Waals surface area contributed by atoms with Crippen LogP contribution < -0.4 is 0 Å². The fourth-order valence-electron chi connectivity index (χ4n) is 2.42. The van der Waals surface area contributed by atoms with Crippen molar-refractivity contribution >= 4 is 6.09 Å². The molecule has 0 radical (unpaired) electrons. The van der Waals surface area contributed by atoms with Gasteiger partial charge in [0.1, 0.15) is 11.3 Å². The van der Waals surface area contributed by atoms with Crippen molar-refractivity contribution in [3.05, 3.63) is 11.9 Å². The number of ether oxygens (including phenoxy) is 1. The topological polar surface area (TPSA) is 80.5 Å². The van der Waals surface area contributed by atoms with Gasteiger partial charge in [0.25, 0.3) is 0 Å². The summed E-state index contributed by atoms with van der Waals surface area (Å²) in [6.07, 6.45) is 4.01. The van der Waals surface area contributed by atoms with Crippen molar-refractivity contribution in [2.75, 3.05) is 13.2 Å². The summed E-state index contributed by atoms with van der Waals surface area (Å²) in [5, 5.41) is 17.0. The van der Waals surface area contributed by atoms with Crippen LogP contribution in [-0.4, -0.2) is 49.8 Å². The van der Waals surface area contributed by atoms with Crippen LogP contribution in [0, 0.1) is 0 Å². The lowest BCUT2D eigenvalue weighted by Crippen LogP contribution is -2.36. The van der Waals surface area contributed by atoms with Gasteiger partial charge in [0.15, 0.2) is 0 Å². The van der Waals surface area contributed by atoms with E-state index in [2.05, 4.69) is 10.3 Å². The Balaban J connectivity index is 2.04. The van der Waals surface area contributed by atoms with Crippen molar-refractivity contribution in [2.24, 2.45) is 0 Å². The van der Waals surface area contributed by atoms with Crippen molar-refractivity contribution in [2.45, 2.75) is 58.2 Å². The molecule has 7 nitrogen and oxygen atoms in total. The number of nitrogens with zero attached hydrogens (tertiary/aromatic N) is 4. The standard InChI is InChI=1S/C14H24N4O3/c1-14(2,3)21-13(20)18-8-4-6-12(18)11-10-17(16-15-11)7-5-9-19/h10,12,19H,4-9H2,1-3H3. The Morgan fingerprint density at radius 1 is 1.52 bits per heavy atom. The molecule has 1 aromatic rings. The van der Waals surface area contributed by atoms with Gasteiger partial charge in [0, 0.05) is 19.7 Å². The first kappa shape index (κ1) is 15.8. The minimum Gasteiger partial charge on any atom is -0.444 e. The van der Waals surface area contributed by atoms with E-state index in [1.54, 1.807) is 9.58 Å². The van der Waals surface area contributed by atoms with Crippen LogP contribution in [0.25, 0.3) is 0 Å². The Morgan fingerprint density at radius 2 is 2.29 bits per heavy atom. The molecule has 1 fully saturated rings. The number of aromatic nitrogens is 3. The van der Waals surface area contributed by atoms with Gasteiger partial charge in [-0.05, 0) is 40.0 Å². The van der Waals surface area contributed by atoms with Crippen LogP contribution >= 0.6 is 0 Å². The summed E-state index contributed by atoms with van der Waals surface area (Å²) in [4.78, 5) is 14.0. The summed E-state index contributed by atoms with van der Waals surface area (Å²) in [5.74, 6) is 0. The molecule has 0 bridgehead atoms. The molecule has 1 amide bonds. The lowest BCUT2D eigenvalue weighted by atomic mass is 10.1. The first-order chi connectivity index (χ1) is 9.90. The zero-order valence-corrected chi connectivity index (χ0v) is 12.9. The predicted molar refractivity (Wildman–Crippen MR) is 76.6 cm³/mol. The molecular formula is C14H24N4O3. The highest BCUT2D eigenvalue weighted by molar-refractivity contribution is 5.69. The third kappa shape index (κ3) is 4.17. The number of likely N-dealkylation sites (tertiary alicyclic amines) is 1. The summed E-state index contributed by atoms with van der Waals surface area (Å²) in [6.45, 7) is 7.03. The first-order valence-corrected chi connectivity index (χ1v) is 7.41. The number of aliphatic hydroxyl groups excluding tert-OH is 1. The van der Waals surface area contributed by atoms with E-state index in [1.807, 2.05) is 27.0 Å². The molecule has 21 heavy (non-hydrogen) atoms. The molecule has 1 aliphatic rings. The number of carbonyl (C=O) groups excluding carboxylic acids is 1. The van der Waals surface area contributed by atoms with Crippen molar-refractivity contribution in [3.8, 4) is 0 Å². The van der Waals surface area contributed by atoms with Crippen LogP contribution in [0.3, 0.4) is 0 Å². The largest absolute Gasteiger partial charge is 0.444 e. The van der Waals surface area contributed by atoms with Crippen LogP contribution in [0.1, 0.15) is 51.8 Å². The van der Waals surface area contributed by atoms with E-state index in [-0.39, 0.29) is 18.7 Å². The fourth-order valence-corrected chi connectivity index (χ4v) is 2.42. The fraction of sp³-hybridized carbons (Fsp3) is 0.786. The molecule has 0 aromatic carbocycles. The number of amides is 1. The van der Waals surface area contributed by atoms with Gasteiger partial charge in [0.05, 0.1) is 12.2 Å². The zero-order valence-electron chi connectivity index (χ0n) is 12.9. The molecule has 1 aliphatic heterocycles. The maximum atomic E-state index is 12.2. The second-order valence-electron chi connectivity index (χ2n) is 6.32. The highest BCUT2D eigenvalue weighted by atomic mass is 16.6. The van der Waals surface area contributed by atoms with E-state index in [4.69, 9.17) is 9.84 Å². The minimum absolute atomic E-state index is 0.0669. The Morgan fingerprint density at radius 3 is 2.95 bits per heavy atom. The van der Waals surface area contributed by atoms with Crippen molar-refractivity contribution in [1.82, 2.24) is 19.9 Å². The van der Waals surface area contributed by atoms with Gasteiger partial charge < -0.3 is 9.84 Å². The van der Waals surface area contributed by atoms with Gasteiger partial charge in [0.2, 0.25) is 0 Å². The minimum atomic E-state index is -0.497. The summed E-state index contributed by atoms with van der Waals surface area (Å²) < 4.78 is 7.15. The van der Waals surface area contributed by atoms with Crippen molar-refractivity contribution in [3.63, 3.8) is 0 Å². The van der Waals surface area contributed by atoms with E-state index in [0.717, 1.165) is 18.5 Å². The monoisotopic (exact) mass is 296 g/mol. The normalized spacial score (nSPS) is 19.0. The average Bonchev–Trinajstić information content (AvgIpc) is 3.02. The molecule has 2 heterocycles. The molecular weight excluding hydrogens is 272 g/mol. The van der Waals surface area contributed by atoms with Crippen LogP contribution in [0.15, 0.2) is 6.20 Å². The van der Waals surface area contributed by atoms with Gasteiger partial charge in [-0.3, -0.25) is 9.58 Å². The smallest absolute Gasteiger partial charge is 0.410 e. The average molecular weight is 296 g/mol. The molecule has 7 heteroatoms. The number of carbonyl (C=O) groups is 1. The van der Waals surface area contributed by atoms with Crippen LogP contribution in [0.5, 0.6) is 0 Å². The van der Waals surface area contributed by atoms with Gasteiger partial charge in [-0.15, -0.1) is 5.10 Å². The Labute approximate surface area is 124 Å². The lowest BCUT2D eigenvalue weighted by Gasteiger charge is -2.27. The van der Waals surface area contributed by atoms with Crippen LogP contribution in [0.2, 0.25) is 0 Å². The highest BCUT2D eigenvalue weighted by Crippen LogP contribution is 2.31. The third-order valence-corrected chi connectivity index (χ3v) is 3.32. The van der Waals surface area contributed by atoms with Crippen LogP contribution in [-0.2, 0) is 11.3 Å². The summed E-state index contributed by atoms with van der Waals surface area (Å²) in [5.41, 5.74) is 0.291. The zero-order chi connectivity index (χ0) is 15.5. The first-order valence-electron chi connectivity index (χ1n) is 7.41. The second-order valence-corrected chi connectivity index (χ2v) is 6.32. The summed E-state index contributed by atoms with van der Waals surface area (Å²) >= 11 is 0. The summed E-state index contributed by atoms with van der Waals surface area (Å²) in [7, 11) is 0. The Kier molecular flexibility index (Phi) is 4.82. The Bertz CT molecular complexity index is 481. The molecule has 1 saturated heterocycles. The Hall–Kier alpha value is -1.63. The maximum Gasteiger partial charge on any atom is 0.410 e. The highest BCUT2D eigenvalue weighted by Gasteiger charge is 2.34. The van der Waals surface area contributed by atoms with Gasteiger partial charge in [-0.1, -0.05) is 5.21 Å². The molecule has 0 spiro atoms. The second kappa shape index (κ2) is 6.43. The molecule has 1 unspecified atom stereocenters. The van der Waals surface area contributed by atoms with Crippen molar-refractivity contribution in [1.29, 1.82) is 0 Å². The predicted octanol–water partition coefficient (Wildman–Crippen LogP) is 1.73. The molecule has 1 N–H and O–H groups in total. The van der Waals surface area contributed by atoms with E-state index < -0.39 is 5.60 Å². The van der Waals surface area contributed by atoms with E-state index >= 15 is 0 Å². The lowest BCUT2D eigenvalue weighted by molar-refractivity contribution is 0.0221. The third-order valence-electron chi connectivity index (χ3n) is 3.32. The quantitative estimate of drug-likeness (QED) is 0.915. The molecule has 2 rings (SSSR count). The van der Waals surface area contributed by atoms with Crippen LogP contribution in [0.4, 0.5) is 4.79 Å². The van der Waals surface area contributed by atoms with E-state index in [0.29, 0.717) is 19.5 Å². The van der Waals surface area contributed by atoms with Crippen molar-refractivity contribution < 1.29 is 14.6 Å². The number of hydrogen-bond donors (Lipinski definition) is 1. The molecule has 0 saturated carbocycles.